The Hall–Kier alpha value is -2.14. The molecule has 1 heterocycles. The van der Waals surface area contributed by atoms with Gasteiger partial charge in [0.05, 0.1) is 11.3 Å². The van der Waals surface area contributed by atoms with E-state index in [0.29, 0.717) is 5.56 Å². The number of hydrogen-bond donors (Lipinski definition) is 0. The second kappa shape index (κ2) is 4.16. The molecule has 0 atom stereocenters. The molecule has 0 saturated heterocycles. The van der Waals surface area contributed by atoms with Crippen LogP contribution in [0.1, 0.15) is 16.7 Å². The highest BCUT2D eigenvalue weighted by molar-refractivity contribution is 5.69. The fourth-order valence-corrected chi connectivity index (χ4v) is 1.66. The maximum absolute atomic E-state index is 9.14. The minimum Gasteiger partial charge on any atom is -0.256 e. The highest BCUT2D eigenvalue weighted by atomic mass is 14.7. The van der Waals surface area contributed by atoms with E-state index < -0.39 is 0 Å². The molecule has 0 unspecified atom stereocenters. The molecule has 2 aromatic rings. The minimum atomic E-state index is 0.707. The van der Waals surface area contributed by atoms with Crippen molar-refractivity contribution < 1.29 is 0 Å². The third-order valence-electron chi connectivity index (χ3n) is 2.57. The normalized spacial score (nSPS) is 9.81. The average molecular weight is 208 g/mol. The van der Waals surface area contributed by atoms with Crippen molar-refractivity contribution >= 4 is 0 Å². The zero-order chi connectivity index (χ0) is 11.5. The third kappa shape index (κ3) is 1.80. The summed E-state index contributed by atoms with van der Waals surface area (Å²) in [6, 6.07) is 12.0. The van der Waals surface area contributed by atoms with Gasteiger partial charge >= 0.3 is 0 Å². The maximum Gasteiger partial charge on any atom is 0.100 e. The first-order chi connectivity index (χ1) is 7.72. The zero-order valence-electron chi connectivity index (χ0n) is 9.36. The number of aromatic nitrogens is 1. The number of hydrogen-bond acceptors (Lipinski definition) is 2. The molecule has 0 aliphatic carbocycles. The smallest absolute Gasteiger partial charge is 0.100 e. The van der Waals surface area contributed by atoms with Crippen LogP contribution in [0.3, 0.4) is 0 Å². The van der Waals surface area contributed by atoms with Gasteiger partial charge in [-0.1, -0.05) is 24.3 Å². The van der Waals surface area contributed by atoms with Gasteiger partial charge in [-0.25, -0.2) is 0 Å². The molecule has 1 aromatic heterocycles. The third-order valence-corrected chi connectivity index (χ3v) is 2.57. The fourth-order valence-electron chi connectivity index (χ4n) is 1.66. The molecular weight excluding hydrogens is 196 g/mol. The van der Waals surface area contributed by atoms with Gasteiger partial charge < -0.3 is 0 Å². The van der Waals surface area contributed by atoms with Crippen LogP contribution in [-0.2, 0) is 0 Å². The predicted molar refractivity (Wildman–Crippen MR) is 63.9 cm³/mol. The quantitative estimate of drug-likeness (QED) is 0.721. The Balaban J connectivity index is 2.61. The second-order valence-corrected chi connectivity index (χ2v) is 3.83. The zero-order valence-corrected chi connectivity index (χ0v) is 9.36. The summed E-state index contributed by atoms with van der Waals surface area (Å²) >= 11 is 0. The van der Waals surface area contributed by atoms with Crippen molar-refractivity contribution in [3.05, 3.63) is 53.2 Å². The van der Waals surface area contributed by atoms with Crippen LogP contribution in [-0.4, -0.2) is 4.98 Å². The second-order valence-electron chi connectivity index (χ2n) is 3.83. The summed E-state index contributed by atoms with van der Waals surface area (Å²) in [6.45, 7) is 3.94. The number of rotatable bonds is 1. The number of benzene rings is 1. The maximum atomic E-state index is 9.14. The highest BCUT2D eigenvalue weighted by Crippen LogP contribution is 2.23. The lowest BCUT2D eigenvalue weighted by atomic mass is 10.00. The molecule has 0 N–H and O–H groups in total. The van der Waals surface area contributed by atoms with Gasteiger partial charge in [0.15, 0.2) is 0 Å². The summed E-state index contributed by atoms with van der Waals surface area (Å²) in [7, 11) is 0. The number of nitriles is 1. The topological polar surface area (TPSA) is 36.7 Å². The van der Waals surface area contributed by atoms with Crippen LogP contribution in [0.5, 0.6) is 0 Å². The van der Waals surface area contributed by atoms with Crippen LogP contribution < -0.4 is 0 Å². The van der Waals surface area contributed by atoms with Crippen molar-refractivity contribution in [3.8, 4) is 17.3 Å². The molecule has 0 saturated carbocycles. The van der Waals surface area contributed by atoms with Crippen LogP contribution in [0.15, 0.2) is 36.5 Å². The van der Waals surface area contributed by atoms with Crippen molar-refractivity contribution in [1.29, 1.82) is 5.26 Å². The lowest BCUT2D eigenvalue weighted by Crippen LogP contribution is -1.90. The number of aryl methyl sites for hydroxylation is 2. The lowest BCUT2D eigenvalue weighted by molar-refractivity contribution is 1.26. The highest BCUT2D eigenvalue weighted by Gasteiger charge is 2.07. The summed E-state index contributed by atoms with van der Waals surface area (Å²) in [6.07, 6.45) is 1.82. The lowest BCUT2D eigenvalue weighted by Gasteiger charge is -2.05. The summed E-state index contributed by atoms with van der Waals surface area (Å²) in [5, 5.41) is 9.14. The molecule has 16 heavy (non-hydrogen) atoms. The molecule has 1 aromatic carbocycles. The molecule has 78 valence electrons. The van der Waals surface area contributed by atoms with Gasteiger partial charge in [-0.3, -0.25) is 4.98 Å². The SMILES string of the molecule is Cc1ccc(-c2cccc(C)c2C#N)nc1. The minimum absolute atomic E-state index is 0.707. The van der Waals surface area contributed by atoms with Crippen LogP contribution in [0.25, 0.3) is 11.3 Å². The number of pyridine rings is 1. The Morgan fingerprint density at radius 2 is 1.94 bits per heavy atom. The molecule has 2 heteroatoms. The van der Waals surface area contributed by atoms with Crippen molar-refractivity contribution in [2.24, 2.45) is 0 Å². The first kappa shape index (κ1) is 10.4. The van der Waals surface area contributed by atoms with Gasteiger partial charge in [-0.15, -0.1) is 0 Å². The van der Waals surface area contributed by atoms with Gasteiger partial charge in [-0.05, 0) is 31.0 Å². The number of nitrogens with zero attached hydrogens (tertiary/aromatic N) is 2. The van der Waals surface area contributed by atoms with Gasteiger partial charge in [0.1, 0.15) is 6.07 Å². The Morgan fingerprint density at radius 3 is 2.56 bits per heavy atom. The van der Waals surface area contributed by atoms with Crippen molar-refractivity contribution in [1.82, 2.24) is 4.98 Å². The standard InChI is InChI=1S/C14H12N2/c1-10-6-7-14(16-9-10)12-5-3-4-11(2)13(12)8-15/h3-7,9H,1-2H3. The van der Waals surface area contributed by atoms with Crippen molar-refractivity contribution in [2.45, 2.75) is 13.8 Å². The molecular formula is C14H12N2. The summed E-state index contributed by atoms with van der Waals surface area (Å²) in [5.41, 5.74) is 4.57. The van der Waals surface area contributed by atoms with Crippen LogP contribution in [0.2, 0.25) is 0 Å². The Bertz CT molecular complexity index is 548. The molecule has 0 aliphatic rings. The first-order valence-corrected chi connectivity index (χ1v) is 5.15. The van der Waals surface area contributed by atoms with Gasteiger partial charge in [-0.2, -0.15) is 5.26 Å². The van der Waals surface area contributed by atoms with Gasteiger partial charge in [0, 0.05) is 11.8 Å². The Kier molecular flexibility index (Phi) is 2.70. The Labute approximate surface area is 95.2 Å². The van der Waals surface area contributed by atoms with Crippen LogP contribution in [0, 0.1) is 25.2 Å². The molecule has 2 rings (SSSR count). The monoisotopic (exact) mass is 208 g/mol. The average Bonchev–Trinajstić information content (AvgIpc) is 2.30. The van der Waals surface area contributed by atoms with Crippen molar-refractivity contribution in [2.75, 3.05) is 0 Å². The van der Waals surface area contributed by atoms with Gasteiger partial charge in [0.25, 0.3) is 0 Å². The largest absolute Gasteiger partial charge is 0.256 e. The fraction of sp³-hybridized carbons (Fsp3) is 0.143. The summed E-state index contributed by atoms with van der Waals surface area (Å²) < 4.78 is 0. The molecule has 2 nitrogen and oxygen atoms in total. The van der Waals surface area contributed by atoms with E-state index in [-0.39, 0.29) is 0 Å². The summed E-state index contributed by atoms with van der Waals surface area (Å²) in [5.74, 6) is 0. The molecule has 0 spiro atoms. The predicted octanol–water partition coefficient (Wildman–Crippen LogP) is 3.24. The molecule has 0 aliphatic heterocycles. The van der Waals surface area contributed by atoms with E-state index in [2.05, 4.69) is 11.1 Å². The van der Waals surface area contributed by atoms with E-state index >= 15 is 0 Å². The molecule has 0 bridgehead atoms. The van der Waals surface area contributed by atoms with E-state index in [1.54, 1.807) is 0 Å². The molecule has 0 fully saturated rings. The van der Waals surface area contributed by atoms with E-state index in [9.17, 15) is 0 Å². The van der Waals surface area contributed by atoms with Crippen LogP contribution in [0.4, 0.5) is 0 Å². The van der Waals surface area contributed by atoms with E-state index in [1.165, 1.54) is 0 Å². The van der Waals surface area contributed by atoms with Crippen LogP contribution >= 0.6 is 0 Å². The molecule has 0 amide bonds. The molecule has 0 radical (unpaired) electrons. The van der Waals surface area contributed by atoms with E-state index in [4.69, 9.17) is 5.26 Å². The van der Waals surface area contributed by atoms with E-state index in [1.807, 2.05) is 50.4 Å². The van der Waals surface area contributed by atoms with E-state index in [0.717, 1.165) is 22.4 Å². The van der Waals surface area contributed by atoms with Gasteiger partial charge in [0.2, 0.25) is 0 Å². The Morgan fingerprint density at radius 1 is 1.12 bits per heavy atom. The first-order valence-electron chi connectivity index (χ1n) is 5.15. The van der Waals surface area contributed by atoms with Crippen molar-refractivity contribution in [3.63, 3.8) is 0 Å². The summed E-state index contributed by atoms with van der Waals surface area (Å²) in [4.78, 5) is 4.35.